The third-order valence-corrected chi connectivity index (χ3v) is 2.67. The first-order valence-electron chi connectivity index (χ1n) is 6.55. The van der Waals surface area contributed by atoms with Crippen LogP contribution >= 0.6 is 0 Å². The van der Waals surface area contributed by atoms with Crippen LogP contribution in [0.3, 0.4) is 0 Å². The van der Waals surface area contributed by atoms with Crippen molar-refractivity contribution in [3.8, 4) is 5.88 Å². The Morgan fingerprint density at radius 3 is 2.65 bits per heavy atom. The van der Waals surface area contributed by atoms with Crippen molar-refractivity contribution in [2.45, 2.75) is 26.1 Å². The average Bonchev–Trinajstić information content (AvgIpc) is 2.47. The second-order valence-corrected chi connectivity index (χ2v) is 4.41. The van der Waals surface area contributed by atoms with Crippen molar-refractivity contribution in [2.24, 2.45) is 5.11 Å². The molecule has 1 aromatic rings. The number of nitrogens with one attached hydrogen (secondary N) is 1. The molecule has 4 nitrogen and oxygen atoms in total. The maximum Gasteiger partial charge on any atom is 0.425 e. The molecule has 1 aromatic heterocycles. The van der Waals surface area contributed by atoms with Gasteiger partial charge in [-0.25, -0.2) is 14.9 Å². The lowest BCUT2D eigenvalue weighted by Crippen LogP contribution is -2.31. The van der Waals surface area contributed by atoms with Crippen molar-refractivity contribution in [3.05, 3.63) is 54.1 Å². The van der Waals surface area contributed by atoms with Gasteiger partial charge in [0.1, 0.15) is 0 Å². The zero-order chi connectivity index (χ0) is 17.5. The Hall–Kier alpha value is -2.51. The first kappa shape index (κ1) is 18.5. The van der Waals surface area contributed by atoms with Gasteiger partial charge >= 0.3 is 6.18 Å². The van der Waals surface area contributed by atoms with E-state index in [1.807, 2.05) is 0 Å². The SMILES string of the molecule is C/C=C/C(=C\C=C\N=N)c1cnc(O[C@@H](C)C(F)(F)F)c(F)c1. The molecule has 8 heteroatoms. The summed E-state index contributed by atoms with van der Waals surface area (Å²) in [7, 11) is 0. The van der Waals surface area contributed by atoms with Crippen molar-refractivity contribution in [3.63, 3.8) is 0 Å². The summed E-state index contributed by atoms with van der Waals surface area (Å²) in [6, 6.07) is 1.03. The molecular weight excluding hydrogens is 314 g/mol. The minimum Gasteiger partial charge on any atom is -0.463 e. The van der Waals surface area contributed by atoms with Crippen LogP contribution in [-0.2, 0) is 0 Å². The third-order valence-electron chi connectivity index (χ3n) is 2.67. The fourth-order valence-electron chi connectivity index (χ4n) is 1.52. The molecule has 0 fully saturated rings. The van der Waals surface area contributed by atoms with Crippen LogP contribution in [0.4, 0.5) is 17.6 Å². The van der Waals surface area contributed by atoms with E-state index in [9.17, 15) is 17.6 Å². The summed E-state index contributed by atoms with van der Waals surface area (Å²) in [6.07, 6.45) is 2.05. The van der Waals surface area contributed by atoms with Crippen LogP contribution < -0.4 is 4.74 Å². The molecule has 0 aliphatic carbocycles. The lowest BCUT2D eigenvalue weighted by molar-refractivity contribution is -0.190. The first-order valence-corrected chi connectivity index (χ1v) is 6.55. The maximum absolute atomic E-state index is 13.9. The van der Waals surface area contributed by atoms with Gasteiger partial charge in [0.25, 0.3) is 5.88 Å². The Morgan fingerprint density at radius 1 is 1.43 bits per heavy atom. The van der Waals surface area contributed by atoms with E-state index in [1.54, 1.807) is 25.2 Å². The average molecular weight is 329 g/mol. The highest BCUT2D eigenvalue weighted by atomic mass is 19.4. The number of pyridine rings is 1. The molecule has 124 valence electrons. The van der Waals surface area contributed by atoms with Crippen LogP contribution in [0.2, 0.25) is 0 Å². The zero-order valence-corrected chi connectivity index (χ0v) is 12.4. The molecule has 0 saturated heterocycles. The monoisotopic (exact) mass is 329 g/mol. The Morgan fingerprint density at radius 2 is 2.13 bits per heavy atom. The summed E-state index contributed by atoms with van der Waals surface area (Å²) in [4.78, 5) is 3.61. The molecule has 1 atom stereocenters. The molecular formula is C15H15F4N3O. The van der Waals surface area contributed by atoms with Crippen molar-refractivity contribution < 1.29 is 22.3 Å². The van der Waals surface area contributed by atoms with Crippen LogP contribution in [0.5, 0.6) is 5.88 Å². The predicted molar refractivity (Wildman–Crippen MR) is 77.4 cm³/mol. The molecule has 0 radical (unpaired) electrons. The standard InChI is InChI=1S/C15H15F4N3O/c1-3-5-11(6-4-7-22-20)12-8-13(16)14(21-9-12)23-10(2)15(17,18)19/h3-10,20H,1-2H3/b5-3+,7-4+,11-6+,22-20?/t10-/m0/s1. The second kappa shape index (κ2) is 8.21. The summed E-state index contributed by atoms with van der Waals surface area (Å²) >= 11 is 0. The van der Waals surface area contributed by atoms with E-state index in [4.69, 9.17) is 5.53 Å². The van der Waals surface area contributed by atoms with Crippen LogP contribution in [0.25, 0.3) is 5.57 Å². The summed E-state index contributed by atoms with van der Waals surface area (Å²) in [6.45, 7) is 2.52. The molecule has 1 rings (SSSR count). The zero-order valence-electron chi connectivity index (χ0n) is 12.4. The molecule has 0 aromatic carbocycles. The first-order chi connectivity index (χ1) is 10.8. The van der Waals surface area contributed by atoms with Gasteiger partial charge in [-0.1, -0.05) is 18.2 Å². The lowest BCUT2D eigenvalue weighted by atomic mass is 10.1. The Bertz CT molecular complexity index is 636. The van der Waals surface area contributed by atoms with E-state index in [0.717, 1.165) is 13.0 Å². The molecule has 1 N–H and O–H groups in total. The highest BCUT2D eigenvalue weighted by molar-refractivity contribution is 5.74. The molecule has 0 amide bonds. The minimum absolute atomic E-state index is 0.349. The molecule has 0 bridgehead atoms. The Balaban J connectivity index is 3.08. The molecule has 0 saturated carbocycles. The van der Waals surface area contributed by atoms with Gasteiger partial charge in [-0.3, -0.25) is 0 Å². The molecule has 0 unspecified atom stereocenters. The molecule has 0 spiro atoms. The van der Waals surface area contributed by atoms with Crippen molar-refractivity contribution >= 4 is 5.57 Å². The van der Waals surface area contributed by atoms with Crippen LogP contribution in [0.1, 0.15) is 19.4 Å². The van der Waals surface area contributed by atoms with E-state index >= 15 is 0 Å². The van der Waals surface area contributed by atoms with Gasteiger partial charge in [-0.15, -0.1) is 0 Å². The number of aromatic nitrogens is 1. The van der Waals surface area contributed by atoms with E-state index in [1.165, 1.54) is 18.5 Å². The van der Waals surface area contributed by atoms with Crippen LogP contribution in [0.15, 0.2) is 47.9 Å². The number of rotatable bonds is 6. The molecule has 1 heterocycles. The summed E-state index contributed by atoms with van der Waals surface area (Å²) in [5, 5.41) is 3.03. The smallest absolute Gasteiger partial charge is 0.425 e. The lowest BCUT2D eigenvalue weighted by Gasteiger charge is -2.17. The highest BCUT2D eigenvalue weighted by Crippen LogP contribution is 2.27. The molecule has 23 heavy (non-hydrogen) atoms. The second-order valence-electron chi connectivity index (χ2n) is 4.41. The van der Waals surface area contributed by atoms with Crippen molar-refractivity contribution in [1.29, 1.82) is 5.53 Å². The van der Waals surface area contributed by atoms with Gasteiger partial charge in [0, 0.05) is 18.0 Å². The van der Waals surface area contributed by atoms with Crippen molar-refractivity contribution in [1.82, 2.24) is 4.98 Å². The normalized spacial score (nSPS) is 14.4. The number of hydrogen-bond acceptors (Lipinski definition) is 4. The van der Waals surface area contributed by atoms with E-state index in [-0.39, 0.29) is 0 Å². The third kappa shape index (κ3) is 5.65. The van der Waals surface area contributed by atoms with E-state index < -0.39 is 24.0 Å². The van der Waals surface area contributed by atoms with Crippen LogP contribution in [-0.4, -0.2) is 17.3 Å². The van der Waals surface area contributed by atoms with Crippen molar-refractivity contribution in [2.75, 3.05) is 0 Å². The van der Waals surface area contributed by atoms with Gasteiger partial charge in [0.2, 0.25) is 0 Å². The maximum atomic E-state index is 13.9. The van der Waals surface area contributed by atoms with Crippen LogP contribution in [0, 0.1) is 11.3 Å². The number of allylic oxidation sites excluding steroid dienone is 5. The summed E-state index contributed by atoms with van der Waals surface area (Å²) < 4.78 is 55.7. The topological polar surface area (TPSA) is 58.3 Å². The number of nitrogens with zero attached hydrogens (tertiary/aromatic N) is 2. The van der Waals surface area contributed by atoms with E-state index in [2.05, 4.69) is 14.8 Å². The number of hydrogen-bond donors (Lipinski definition) is 1. The van der Waals surface area contributed by atoms with Gasteiger partial charge in [0.05, 0.1) is 0 Å². The number of halogens is 4. The van der Waals surface area contributed by atoms with Gasteiger partial charge in [-0.05, 0) is 31.6 Å². The highest BCUT2D eigenvalue weighted by Gasteiger charge is 2.38. The summed E-state index contributed by atoms with van der Waals surface area (Å²) in [5.41, 5.74) is 7.54. The minimum atomic E-state index is -4.60. The van der Waals surface area contributed by atoms with E-state index in [0.29, 0.717) is 11.1 Å². The van der Waals surface area contributed by atoms with Gasteiger partial charge in [-0.2, -0.15) is 18.3 Å². The molecule has 0 aliphatic heterocycles. The fourth-order valence-corrected chi connectivity index (χ4v) is 1.52. The predicted octanol–water partition coefficient (Wildman–Crippen LogP) is 5.05. The fraction of sp³-hybridized carbons (Fsp3) is 0.267. The van der Waals surface area contributed by atoms with Gasteiger partial charge in [0.15, 0.2) is 11.9 Å². The van der Waals surface area contributed by atoms with Gasteiger partial charge < -0.3 is 4.74 Å². The Kier molecular flexibility index (Phi) is 6.62. The largest absolute Gasteiger partial charge is 0.463 e. The Labute approximate surface area is 130 Å². The number of alkyl halides is 3. The molecule has 0 aliphatic rings. The quantitative estimate of drug-likeness (QED) is 0.451. The summed E-state index contributed by atoms with van der Waals surface area (Å²) in [5.74, 6) is -1.71. The number of ether oxygens (including phenoxy) is 1.